The molecule has 5 rings (SSSR count). The number of allylic oxidation sites excluding steroid dienone is 1. The molecule has 4 atom stereocenters. The summed E-state index contributed by atoms with van der Waals surface area (Å²) in [6, 6.07) is 3.80. The van der Waals surface area contributed by atoms with Crippen molar-refractivity contribution in [3.8, 4) is 0 Å². The van der Waals surface area contributed by atoms with Crippen LogP contribution in [0.15, 0.2) is 23.8 Å². The van der Waals surface area contributed by atoms with Crippen LogP contribution in [0.5, 0.6) is 0 Å². The van der Waals surface area contributed by atoms with Gasteiger partial charge < -0.3 is 15.1 Å². The first-order chi connectivity index (χ1) is 15.1. The van der Waals surface area contributed by atoms with E-state index in [1.54, 1.807) is 0 Å². The first kappa shape index (κ1) is 20.5. The summed E-state index contributed by atoms with van der Waals surface area (Å²) in [6.45, 7) is 4.18. The van der Waals surface area contributed by atoms with E-state index in [-0.39, 0.29) is 29.8 Å². The van der Waals surface area contributed by atoms with Gasteiger partial charge >= 0.3 is 0 Å². The number of rotatable bonds is 4. The van der Waals surface area contributed by atoms with Crippen LogP contribution in [0.1, 0.15) is 57.1 Å². The largest absolute Gasteiger partial charge is 0.354 e. The van der Waals surface area contributed by atoms with Crippen molar-refractivity contribution in [2.24, 2.45) is 11.8 Å². The predicted octanol–water partition coefficient (Wildman–Crippen LogP) is 2.61. The zero-order valence-corrected chi connectivity index (χ0v) is 18.4. The lowest BCUT2D eigenvalue weighted by molar-refractivity contribution is -0.156. The second-order valence-electron chi connectivity index (χ2n) is 9.73. The molecule has 7 heteroatoms. The van der Waals surface area contributed by atoms with Gasteiger partial charge in [-0.3, -0.25) is 9.59 Å². The maximum absolute atomic E-state index is 13.5. The van der Waals surface area contributed by atoms with Crippen LogP contribution in [-0.4, -0.2) is 58.6 Å². The molecule has 0 saturated carbocycles. The molecule has 4 heterocycles. The van der Waals surface area contributed by atoms with Gasteiger partial charge in [-0.05, 0) is 69.9 Å². The molecule has 3 saturated heterocycles. The van der Waals surface area contributed by atoms with Gasteiger partial charge in [-0.15, -0.1) is 5.10 Å². The summed E-state index contributed by atoms with van der Waals surface area (Å²) >= 11 is 0. The minimum Gasteiger partial charge on any atom is -0.354 e. The third kappa shape index (κ3) is 4.06. The highest BCUT2D eigenvalue weighted by Gasteiger charge is 2.52. The highest BCUT2D eigenvalue weighted by atomic mass is 16.2. The number of amides is 2. The number of anilines is 1. The fraction of sp³-hybridized carbons (Fsp3) is 0.667. The first-order valence-electron chi connectivity index (χ1n) is 11.9. The van der Waals surface area contributed by atoms with Crippen LogP contribution in [0.2, 0.25) is 0 Å². The maximum Gasteiger partial charge on any atom is 0.243 e. The van der Waals surface area contributed by atoms with Gasteiger partial charge in [0.15, 0.2) is 5.82 Å². The van der Waals surface area contributed by atoms with E-state index in [1.807, 2.05) is 24.0 Å². The van der Waals surface area contributed by atoms with Gasteiger partial charge in [-0.1, -0.05) is 11.6 Å². The molecule has 4 aliphatic rings. The van der Waals surface area contributed by atoms with E-state index in [1.165, 1.54) is 18.4 Å². The van der Waals surface area contributed by atoms with Crippen LogP contribution >= 0.6 is 0 Å². The Hall–Kier alpha value is -2.44. The summed E-state index contributed by atoms with van der Waals surface area (Å²) in [6.07, 6.45) is 10.4. The lowest BCUT2D eigenvalue weighted by Crippen LogP contribution is -2.68. The molecular formula is C24H33N5O2. The molecule has 0 radical (unpaired) electrons. The van der Waals surface area contributed by atoms with E-state index in [0.29, 0.717) is 18.9 Å². The summed E-state index contributed by atoms with van der Waals surface area (Å²) < 4.78 is 0. The number of piperidine rings is 3. The first-order valence-corrected chi connectivity index (χ1v) is 11.9. The van der Waals surface area contributed by atoms with Crippen molar-refractivity contribution in [2.75, 3.05) is 24.5 Å². The molecule has 0 unspecified atom stereocenters. The van der Waals surface area contributed by atoms with E-state index in [4.69, 9.17) is 0 Å². The van der Waals surface area contributed by atoms with Crippen LogP contribution in [0.25, 0.3) is 0 Å². The number of nitrogens with one attached hydrogen (secondary N) is 1. The standard InChI is InChI=1S/C24H33N5O2/c1-16-10-11-21(27-26-16)28-14-18-12-19(15-28)23(29-20(18)8-5-9-22(29)30)24(31)25-13-17-6-3-2-4-7-17/h6,10-11,18-20,23H,2-5,7-9,12-15H2,1H3,(H,25,31)/t18-,19+,20+,23-/m1/s1. The summed E-state index contributed by atoms with van der Waals surface area (Å²) in [7, 11) is 0. The molecule has 2 amide bonds. The fourth-order valence-corrected chi connectivity index (χ4v) is 6.11. The molecule has 1 aliphatic carbocycles. The van der Waals surface area contributed by atoms with Crippen molar-refractivity contribution < 1.29 is 9.59 Å². The van der Waals surface area contributed by atoms with Crippen molar-refractivity contribution in [2.45, 2.75) is 70.4 Å². The smallest absolute Gasteiger partial charge is 0.243 e. The Morgan fingerprint density at radius 2 is 2.00 bits per heavy atom. The van der Waals surface area contributed by atoms with E-state index in [9.17, 15) is 9.59 Å². The second kappa shape index (κ2) is 8.60. The number of fused-ring (bicyclic) bond motifs is 4. The highest BCUT2D eigenvalue weighted by Crippen LogP contribution is 2.42. The van der Waals surface area contributed by atoms with Crippen molar-refractivity contribution in [1.29, 1.82) is 0 Å². The van der Waals surface area contributed by atoms with Gasteiger partial charge in [0.2, 0.25) is 11.8 Å². The summed E-state index contributed by atoms with van der Waals surface area (Å²) in [5.74, 6) is 1.57. The van der Waals surface area contributed by atoms with Crippen LogP contribution in [0.3, 0.4) is 0 Å². The number of nitrogens with zero attached hydrogens (tertiary/aromatic N) is 4. The summed E-state index contributed by atoms with van der Waals surface area (Å²) in [4.78, 5) is 30.7. The Balaban J connectivity index is 1.38. The molecule has 0 aromatic carbocycles. The maximum atomic E-state index is 13.5. The van der Waals surface area contributed by atoms with E-state index >= 15 is 0 Å². The molecule has 0 spiro atoms. The molecule has 166 valence electrons. The topological polar surface area (TPSA) is 78.4 Å². The molecule has 2 bridgehead atoms. The fourth-order valence-electron chi connectivity index (χ4n) is 6.11. The highest BCUT2D eigenvalue weighted by molar-refractivity contribution is 5.89. The normalized spacial score (nSPS) is 30.5. The van der Waals surface area contributed by atoms with Gasteiger partial charge in [-0.25, -0.2) is 0 Å². The van der Waals surface area contributed by atoms with Gasteiger partial charge in [0.25, 0.3) is 0 Å². The van der Waals surface area contributed by atoms with Gasteiger partial charge in [-0.2, -0.15) is 5.10 Å². The SMILES string of the molecule is Cc1ccc(N2C[C@H]3C[C@@H](C2)[C@H](C(=O)NCC2=CCCCC2)N2C(=O)CCC[C@@H]32)nn1. The molecule has 1 aromatic heterocycles. The molecule has 7 nitrogen and oxygen atoms in total. The third-order valence-corrected chi connectivity index (χ3v) is 7.59. The quantitative estimate of drug-likeness (QED) is 0.753. The molecule has 31 heavy (non-hydrogen) atoms. The van der Waals surface area contributed by atoms with E-state index in [2.05, 4.69) is 26.5 Å². The van der Waals surface area contributed by atoms with Crippen LogP contribution < -0.4 is 10.2 Å². The average Bonchev–Trinajstić information content (AvgIpc) is 2.79. The van der Waals surface area contributed by atoms with Crippen LogP contribution in [0.4, 0.5) is 5.82 Å². The Kier molecular flexibility index (Phi) is 5.67. The number of aromatic nitrogens is 2. The van der Waals surface area contributed by atoms with Gasteiger partial charge in [0, 0.05) is 38.0 Å². The number of aryl methyl sites for hydroxylation is 1. The number of hydrogen-bond acceptors (Lipinski definition) is 5. The molecule has 3 fully saturated rings. The second-order valence-corrected chi connectivity index (χ2v) is 9.73. The average molecular weight is 424 g/mol. The van der Waals surface area contributed by atoms with Crippen molar-refractivity contribution in [3.63, 3.8) is 0 Å². The molecule has 3 aliphatic heterocycles. The number of hydrogen-bond donors (Lipinski definition) is 1. The summed E-state index contributed by atoms with van der Waals surface area (Å²) in [5, 5.41) is 11.8. The van der Waals surface area contributed by atoms with Crippen LogP contribution in [0, 0.1) is 18.8 Å². The Labute approximate surface area is 184 Å². The van der Waals surface area contributed by atoms with Crippen LogP contribution in [-0.2, 0) is 9.59 Å². The number of carbonyl (C=O) groups excluding carboxylic acids is 2. The zero-order chi connectivity index (χ0) is 21.4. The molecule has 1 aromatic rings. The Bertz CT molecular complexity index is 867. The monoisotopic (exact) mass is 423 g/mol. The van der Waals surface area contributed by atoms with Crippen molar-refractivity contribution in [1.82, 2.24) is 20.4 Å². The van der Waals surface area contributed by atoms with E-state index < -0.39 is 0 Å². The minimum absolute atomic E-state index is 0.0204. The molecular weight excluding hydrogens is 390 g/mol. The van der Waals surface area contributed by atoms with Gasteiger partial charge in [0.1, 0.15) is 6.04 Å². The zero-order valence-electron chi connectivity index (χ0n) is 18.4. The summed E-state index contributed by atoms with van der Waals surface area (Å²) in [5.41, 5.74) is 2.23. The predicted molar refractivity (Wildman–Crippen MR) is 118 cm³/mol. The van der Waals surface area contributed by atoms with E-state index in [0.717, 1.165) is 56.7 Å². The van der Waals surface area contributed by atoms with Gasteiger partial charge in [0.05, 0.1) is 5.69 Å². The lowest BCUT2D eigenvalue weighted by Gasteiger charge is -2.56. The van der Waals surface area contributed by atoms with Crippen molar-refractivity contribution in [3.05, 3.63) is 29.5 Å². The number of carbonyl (C=O) groups is 2. The van der Waals surface area contributed by atoms with Crippen molar-refractivity contribution >= 4 is 17.6 Å². The molecule has 1 N–H and O–H groups in total. The lowest BCUT2D eigenvalue weighted by atomic mass is 9.71. The third-order valence-electron chi connectivity index (χ3n) is 7.59. The Morgan fingerprint density at radius 1 is 1.13 bits per heavy atom. The minimum atomic E-state index is -0.376. The Morgan fingerprint density at radius 3 is 2.77 bits per heavy atom.